The van der Waals surface area contributed by atoms with E-state index in [0.29, 0.717) is 5.02 Å². The predicted molar refractivity (Wildman–Crippen MR) is 66.9 cm³/mol. The SMILES string of the molecule is CCNC(c1ccn(C)n1)c1c(Cl)cnn1C. The molecule has 92 valence electrons. The summed E-state index contributed by atoms with van der Waals surface area (Å²) in [4.78, 5) is 0. The summed E-state index contributed by atoms with van der Waals surface area (Å²) >= 11 is 6.17. The van der Waals surface area contributed by atoms with Gasteiger partial charge in [-0.1, -0.05) is 18.5 Å². The summed E-state index contributed by atoms with van der Waals surface area (Å²) in [6, 6.07) is 1.96. The molecule has 0 aliphatic heterocycles. The average molecular weight is 254 g/mol. The maximum Gasteiger partial charge on any atom is 0.0955 e. The molecule has 0 aromatic carbocycles. The van der Waals surface area contributed by atoms with Crippen molar-refractivity contribution < 1.29 is 0 Å². The first-order valence-electron chi connectivity index (χ1n) is 5.53. The van der Waals surface area contributed by atoms with Gasteiger partial charge in [0, 0.05) is 20.3 Å². The Morgan fingerprint density at radius 1 is 1.47 bits per heavy atom. The van der Waals surface area contributed by atoms with E-state index in [9.17, 15) is 0 Å². The Morgan fingerprint density at radius 3 is 2.71 bits per heavy atom. The van der Waals surface area contributed by atoms with E-state index in [1.165, 1.54) is 0 Å². The Bertz CT molecular complexity index is 482. The van der Waals surface area contributed by atoms with Gasteiger partial charge in [-0.2, -0.15) is 10.2 Å². The van der Waals surface area contributed by atoms with Crippen LogP contribution in [0.2, 0.25) is 5.02 Å². The summed E-state index contributed by atoms with van der Waals surface area (Å²) < 4.78 is 3.56. The number of aromatic nitrogens is 4. The first-order chi connectivity index (χ1) is 8.13. The van der Waals surface area contributed by atoms with Gasteiger partial charge in [0.25, 0.3) is 0 Å². The first kappa shape index (κ1) is 12.1. The summed E-state index contributed by atoms with van der Waals surface area (Å²) in [6.07, 6.45) is 3.58. The minimum absolute atomic E-state index is 0.0267. The third-order valence-corrected chi connectivity index (χ3v) is 2.94. The van der Waals surface area contributed by atoms with Crippen LogP contribution < -0.4 is 5.32 Å². The van der Waals surface area contributed by atoms with E-state index < -0.39 is 0 Å². The van der Waals surface area contributed by atoms with Gasteiger partial charge in [0.05, 0.1) is 28.6 Å². The molecule has 2 aromatic rings. The number of hydrogen-bond acceptors (Lipinski definition) is 3. The maximum atomic E-state index is 6.17. The zero-order valence-electron chi connectivity index (χ0n) is 10.2. The molecule has 1 atom stereocenters. The van der Waals surface area contributed by atoms with Crippen molar-refractivity contribution in [2.75, 3.05) is 6.54 Å². The van der Waals surface area contributed by atoms with E-state index in [1.54, 1.807) is 15.6 Å². The van der Waals surface area contributed by atoms with Gasteiger partial charge in [-0.15, -0.1) is 0 Å². The second-order valence-corrected chi connectivity index (χ2v) is 4.31. The molecule has 0 radical (unpaired) electrons. The molecule has 6 heteroatoms. The van der Waals surface area contributed by atoms with Crippen molar-refractivity contribution in [1.29, 1.82) is 0 Å². The van der Waals surface area contributed by atoms with Crippen molar-refractivity contribution in [2.24, 2.45) is 14.1 Å². The van der Waals surface area contributed by atoms with E-state index >= 15 is 0 Å². The van der Waals surface area contributed by atoms with Gasteiger partial charge < -0.3 is 5.32 Å². The van der Waals surface area contributed by atoms with Crippen molar-refractivity contribution in [3.63, 3.8) is 0 Å². The normalized spacial score (nSPS) is 12.9. The van der Waals surface area contributed by atoms with Crippen LogP contribution in [0.4, 0.5) is 0 Å². The van der Waals surface area contributed by atoms with Crippen LogP contribution in [0.25, 0.3) is 0 Å². The first-order valence-corrected chi connectivity index (χ1v) is 5.91. The summed E-state index contributed by atoms with van der Waals surface area (Å²) in [7, 11) is 3.78. The molecular formula is C11H16ClN5. The van der Waals surface area contributed by atoms with Crippen LogP contribution in [0.1, 0.15) is 24.4 Å². The van der Waals surface area contributed by atoms with E-state index in [0.717, 1.165) is 17.9 Å². The lowest BCUT2D eigenvalue weighted by Crippen LogP contribution is -2.25. The largest absolute Gasteiger partial charge is 0.304 e. The Kier molecular flexibility index (Phi) is 3.49. The fourth-order valence-electron chi connectivity index (χ4n) is 1.88. The van der Waals surface area contributed by atoms with Crippen LogP contribution in [0, 0.1) is 0 Å². The topological polar surface area (TPSA) is 47.7 Å². The van der Waals surface area contributed by atoms with Crippen LogP contribution in [-0.2, 0) is 14.1 Å². The third kappa shape index (κ3) is 2.35. The molecule has 0 aliphatic carbocycles. The monoisotopic (exact) mass is 253 g/mol. The fourth-order valence-corrected chi connectivity index (χ4v) is 2.15. The number of nitrogens with one attached hydrogen (secondary N) is 1. The number of halogens is 1. The van der Waals surface area contributed by atoms with Gasteiger partial charge in [0.1, 0.15) is 0 Å². The molecule has 0 saturated carbocycles. The summed E-state index contributed by atoms with van der Waals surface area (Å²) in [5.74, 6) is 0. The number of aryl methyl sites for hydroxylation is 2. The second-order valence-electron chi connectivity index (χ2n) is 3.91. The molecule has 1 N–H and O–H groups in total. The average Bonchev–Trinajstić information content (AvgIpc) is 2.84. The van der Waals surface area contributed by atoms with Gasteiger partial charge in [0.2, 0.25) is 0 Å². The van der Waals surface area contributed by atoms with Gasteiger partial charge in [-0.05, 0) is 12.6 Å². The standard InChI is InChI=1S/C11H16ClN5/c1-4-13-10(9-5-6-16(2)15-9)11-8(12)7-14-17(11)3/h5-7,10,13H,4H2,1-3H3. The molecule has 0 aliphatic rings. The van der Waals surface area contributed by atoms with Gasteiger partial charge in [-0.3, -0.25) is 9.36 Å². The smallest absolute Gasteiger partial charge is 0.0955 e. The van der Waals surface area contributed by atoms with E-state index in [-0.39, 0.29) is 6.04 Å². The molecular weight excluding hydrogens is 238 g/mol. The Hall–Kier alpha value is -1.33. The van der Waals surface area contributed by atoms with Crippen molar-refractivity contribution in [3.05, 3.63) is 34.9 Å². The fraction of sp³-hybridized carbons (Fsp3) is 0.455. The highest BCUT2D eigenvalue weighted by atomic mass is 35.5. The Morgan fingerprint density at radius 2 is 2.24 bits per heavy atom. The molecule has 2 heterocycles. The number of hydrogen-bond donors (Lipinski definition) is 1. The molecule has 2 aromatic heterocycles. The number of rotatable bonds is 4. The van der Waals surface area contributed by atoms with Crippen LogP contribution in [-0.4, -0.2) is 26.1 Å². The highest BCUT2D eigenvalue weighted by Gasteiger charge is 2.22. The lowest BCUT2D eigenvalue weighted by molar-refractivity contribution is 0.553. The van der Waals surface area contributed by atoms with Crippen LogP contribution in [0.3, 0.4) is 0 Å². The lowest BCUT2D eigenvalue weighted by Gasteiger charge is -2.16. The lowest BCUT2D eigenvalue weighted by atomic mass is 10.1. The highest BCUT2D eigenvalue weighted by Crippen LogP contribution is 2.26. The maximum absolute atomic E-state index is 6.17. The summed E-state index contributed by atoms with van der Waals surface area (Å²) in [5.41, 5.74) is 1.88. The molecule has 2 rings (SSSR count). The molecule has 0 bridgehead atoms. The van der Waals surface area contributed by atoms with E-state index in [4.69, 9.17) is 11.6 Å². The molecule has 0 fully saturated rings. The molecule has 17 heavy (non-hydrogen) atoms. The Labute approximate surface area is 105 Å². The van der Waals surface area contributed by atoms with E-state index in [2.05, 4.69) is 22.4 Å². The highest BCUT2D eigenvalue weighted by molar-refractivity contribution is 6.31. The van der Waals surface area contributed by atoms with Crippen LogP contribution in [0.15, 0.2) is 18.5 Å². The second kappa shape index (κ2) is 4.89. The Balaban J connectivity index is 2.42. The quantitative estimate of drug-likeness (QED) is 0.899. The van der Waals surface area contributed by atoms with Gasteiger partial charge >= 0.3 is 0 Å². The van der Waals surface area contributed by atoms with Crippen LogP contribution >= 0.6 is 11.6 Å². The van der Waals surface area contributed by atoms with E-state index in [1.807, 2.05) is 26.4 Å². The van der Waals surface area contributed by atoms with Gasteiger partial charge in [0.15, 0.2) is 0 Å². The predicted octanol–water partition coefficient (Wildman–Crippen LogP) is 1.51. The van der Waals surface area contributed by atoms with Gasteiger partial charge in [-0.25, -0.2) is 0 Å². The molecule has 1 unspecified atom stereocenters. The number of nitrogens with zero attached hydrogens (tertiary/aromatic N) is 4. The molecule has 0 saturated heterocycles. The zero-order chi connectivity index (χ0) is 12.4. The molecule has 0 amide bonds. The third-order valence-electron chi connectivity index (χ3n) is 2.65. The van der Waals surface area contributed by atoms with Crippen molar-refractivity contribution in [2.45, 2.75) is 13.0 Å². The summed E-state index contributed by atoms with van der Waals surface area (Å²) in [5, 5.41) is 12.6. The minimum atomic E-state index is -0.0267. The summed E-state index contributed by atoms with van der Waals surface area (Å²) in [6.45, 7) is 2.89. The zero-order valence-corrected chi connectivity index (χ0v) is 10.9. The van der Waals surface area contributed by atoms with Crippen molar-refractivity contribution in [3.8, 4) is 0 Å². The molecule has 5 nitrogen and oxygen atoms in total. The molecule has 0 spiro atoms. The van der Waals surface area contributed by atoms with Crippen molar-refractivity contribution in [1.82, 2.24) is 24.9 Å². The van der Waals surface area contributed by atoms with Crippen molar-refractivity contribution >= 4 is 11.6 Å². The van der Waals surface area contributed by atoms with Crippen LogP contribution in [0.5, 0.6) is 0 Å². The minimum Gasteiger partial charge on any atom is -0.304 e.